The Morgan fingerprint density at radius 1 is 1.44 bits per heavy atom. The molecular weight excluding hydrogens is 220 g/mol. The lowest BCUT2D eigenvalue weighted by molar-refractivity contribution is 0.0696. The van der Waals surface area contributed by atoms with Crippen LogP contribution < -0.4 is 0 Å². The number of rotatable bonds is 6. The van der Waals surface area contributed by atoms with Gasteiger partial charge in [0.1, 0.15) is 0 Å². The van der Waals surface area contributed by atoms with E-state index in [4.69, 9.17) is 5.11 Å². The van der Waals surface area contributed by atoms with E-state index in [1.165, 1.54) is 6.42 Å². The maximum absolute atomic E-state index is 11.0. The summed E-state index contributed by atoms with van der Waals surface area (Å²) in [6.45, 7) is 4.40. The predicted octanol–water partition coefficient (Wildman–Crippen LogP) is 3.66. The number of benzene rings is 1. The van der Waals surface area contributed by atoms with Crippen LogP contribution in [0.2, 0.25) is 0 Å². The average molecular weight is 238 g/mol. The summed E-state index contributed by atoms with van der Waals surface area (Å²) >= 11 is 1.81. The van der Waals surface area contributed by atoms with Gasteiger partial charge in [-0.05, 0) is 23.3 Å². The van der Waals surface area contributed by atoms with Gasteiger partial charge in [-0.25, -0.2) is 4.79 Å². The van der Waals surface area contributed by atoms with Gasteiger partial charge in [-0.1, -0.05) is 38.5 Å². The van der Waals surface area contributed by atoms with Gasteiger partial charge < -0.3 is 5.11 Å². The van der Waals surface area contributed by atoms with Crippen molar-refractivity contribution in [2.24, 2.45) is 5.92 Å². The fraction of sp³-hybridized carbons (Fsp3) is 0.462. The minimum Gasteiger partial charge on any atom is -0.478 e. The maximum Gasteiger partial charge on any atom is 0.335 e. The van der Waals surface area contributed by atoms with Crippen molar-refractivity contribution in [3.8, 4) is 0 Å². The molecular formula is C13H18O2S. The molecule has 0 aromatic heterocycles. The number of carboxylic acids is 1. The van der Waals surface area contributed by atoms with Crippen LogP contribution in [-0.4, -0.2) is 16.8 Å². The summed E-state index contributed by atoms with van der Waals surface area (Å²) < 4.78 is 0. The third kappa shape index (κ3) is 3.89. The van der Waals surface area contributed by atoms with Crippen molar-refractivity contribution >= 4 is 17.7 Å². The molecule has 0 heterocycles. The van der Waals surface area contributed by atoms with Gasteiger partial charge in [-0.2, -0.15) is 11.8 Å². The zero-order valence-corrected chi connectivity index (χ0v) is 10.6. The van der Waals surface area contributed by atoms with Crippen LogP contribution in [-0.2, 0) is 5.75 Å². The van der Waals surface area contributed by atoms with E-state index in [0.29, 0.717) is 11.5 Å². The number of carbonyl (C=O) groups is 1. The zero-order valence-electron chi connectivity index (χ0n) is 9.77. The van der Waals surface area contributed by atoms with Gasteiger partial charge in [0, 0.05) is 5.75 Å². The van der Waals surface area contributed by atoms with Crippen LogP contribution in [0.5, 0.6) is 0 Å². The lowest BCUT2D eigenvalue weighted by atomic mass is 10.1. The number of hydrogen-bond donors (Lipinski definition) is 1. The highest BCUT2D eigenvalue weighted by molar-refractivity contribution is 7.98. The molecule has 0 fully saturated rings. The molecule has 88 valence electrons. The lowest BCUT2D eigenvalue weighted by Gasteiger charge is -2.09. The van der Waals surface area contributed by atoms with Crippen LogP contribution in [0.25, 0.3) is 0 Å². The van der Waals surface area contributed by atoms with E-state index in [1.807, 2.05) is 23.9 Å². The molecule has 16 heavy (non-hydrogen) atoms. The number of carboxylic acid groups (broad SMARTS) is 1. The van der Waals surface area contributed by atoms with Gasteiger partial charge in [0.2, 0.25) is 0 Å². The molecule has 2 nitrogen and oxygen atoms in total. The smallest absolute Gasteiger partial charge is 0.335 e. The Bertz CT molecular complexity index is 350. The molecule has 0 aliphatic carbocycles. The Morgan fingerprint density at radius 2 is 2.12 bits per heavy atom. The van der Waals surface area contributed by atoms with Crippen LogP contribution in [0.4, 0.5) is 0 Å². The largest absolute Gasteiger partial charge is 0.478 e. The minimum atomic E-state index is -0.834. The first-order valence-corrected chi connectivity index (χ1v) is 6.69. The Hall–Kier alpha value is -0.960. The monoisotopic (exact) mass is 238 g/mol. The molecule has 0 aliphatic heterocycles. The van der Waals surface area contributed by atoms with Gasteiger partial charge >= 0.3 is 5.97 Å². The Labute approximate surface area is 101 Å². The summed E-state index contributed by atoms with van der Waals surface area (Å²) in [6.07, 6.45) is 1.17. The van der Waals surface area contributed by atoms with E-state index in [0.717, 1.165) is 17.1 Å². The van der Waals surface area contributed by atoms with Gasteiger partial charge in [0.25, 0.3) is 0 Å². The molecule has 1 atom stereocenters. The van der Waals surface area contributed by atoms with Crippen molar-refractivity contribution in [3.63, 3.8) is 0 Å². The molecule has 0 aliphatic rings. The molecule has 1 aromatic carbocycles. The number of thioether (sulfide) groups is 1. The van der Waals surface area contributed by atoms with Crippen LogP contribution in [0.1, 0.15) is 36.2 Å². The predicted molar refractivity (Wildman–Crippen MR) is 69.0 cm³/mol. The molecule has 1 unspecified atom stereocenters. The Balaban J connectivity index is 2.56. The highest BCUT2D eigenvalue weighted by Crippen LogP contribution is 2.19. The summed E-state index contributed by atoms with van der Waals surface area (Å²) in [5, 5.41) is 9.01. The molecule has 0 bridgehead atoms. The third-order valence-corrected chi connectivity index (χ3v) is 3.92. The van der Waals surface area contributed by atoms with Gasteiger partial charge in [-0.15, -0.1) is 0 Å². The SMILES string of the molecule is CCC(C)CSCc1ccccc1C(=O)O. The Morgan fingerprint density at radius 3 is 2.75 bits per heavy atom. The fourth-order valence-corrected chi connectivity index (χ4v) is 2.57. The van der Waals surface area contributed by atoms with Gasteiger partial charge in [0.15, 0.2) is 0 Å². The lowest BCUT2D eigenvalue weighted by Crippen LogP contribution is -2.02. The summed E-state index contributed by atoms with van der Waals surface area (Å²) in [4.78, 5) is 11.0. The van der Waals surface area contributed by atoms with Crippen molar-refractivity contribution < 1.29 is 9.90 Å². The van der Waals surface area contributed by atoms with Crippen molar-refractivity contribution in [2.75, 3.05) is 5.75 Å². The highest BCUT2D eigenvalue weighted by Gasteiger charge is 2.09. The second kappa shape index (κ2) is 6.59. The van der Waals surface area contributed by atoms with Crippen LogP contribution in [0.3, 0.4) is 0 Å². The number of hydrogen-bond acceptors (Lipinski definition) is 2. The topological polar surface area (TPSA) is 37.3 Å². The summed E-state index contributed by atoms with van der Waals surface area (Å²) in [5.74, 6) is 1.74. The molecule has 0 spiro atoms. The molecule has 0 saturated carbocycles. The average Bonchev–Trinajstić information content (AvgIpc) is 2.29. The maximum atomic E-state index is 11.0. The fourth-order valence-electron chi connectivity index (χ4n) is 1.34. The molecule has 1 aromatic rings. The van der Waals surface area contributed by atoms with Crippen molar-refractivity contribution in [1.29, 1.82) is 0 Å². The molecule has 3 heteroatoms. The third-order valence-electron chi connectivity index (χ3n) is 2.60. The summed E-state index contributed by atoms with van der Waals surface area (Å²) in [5.41, 5.74) is 1.35. The first kappa shape index (κ1) is 13.1. The van der Waals surface area contributed by atoms with Gasteiger partial charge in [-0.3, -0.25) is 0 Å². The van der Waals surface area contributed by atoms with E-state index in [2.05, 4.69) is 13.8 Å². The van der Waals surface area contributed by atoms with Crippen molar-refractivity contribution in [1.82, 2.24) is 0 Å². The first-order chi connectivity index (χ1) is 7.65. The van der Waals surface area contributed by atoms with E-state index < -0.39 is 5.97 Å². The standard InChI is InChI=1S/C13H18O2S/c1-3-10(2)8-16-9-11-6-4-5-7-12(11)13(14)15/h4-7,10H,3,8-9H2,1-2H3,(H,14,15). The van der Waals surface area contributed by atoms with Crippen LogP contribution in [0.15, 0.2) is 24.3 Å². The van der Waals surface area contributed by atoms with E-state index in [1.54, 1.807) is 12.1 Å². The molecule has 1 rings (SSSR count). The van der Waals surface area contributed by atoms with Gasteiger partial charge in [0.05, 0.1) is 5.56 Å². The van der Waals surface area contributed by atoms with E-state index in [9.17, 15) is 4.79 Å². The normalized spacial score (nSPS) is 12.4. The van der Waals surface area contributed by atoms with Crippen molar-refractivity contribution in [3.05, 3.63) is 35.4 Å². The molecule has 0 saturated heterocycles. The number of aromatic carboxylic acids is 1. The van der Waals surface area contributed by atoms with E-state index in [-0.39, 0.29) is 0 Å². The molecule has 0 amide bonds. The van der Waals surface area contributed by atoms with Crippen LogP contribution in [0, 0.1) is 5.92 Å². The van der Waals surface area contributed by atoms with E-state index >= 15 is 0 Å². The van der Waals surface area contributed by atoms with Crippen molar-refractivity contribution in [2.45, 2.75) is 26.0 Å². The zero-order chi connectivity index (χ0) is 12.0. The Kier molecular flexibility index (Phi) is 5.39. The summed E-state index contributed by atoms with van der Waals surface area (Å²) in [6, 6.07) is 7.23. The first-order valence-electron chi connectivity index (χ1n) is 5.54. The minimum absolute atomic E-state index is 0.430. The molecule has 0 radical (unpaired) electrons. The highest BCUT2D eigenvalue weighted by atomic mass is 32.2. The summed E-state index contributed by atoms with van der Waals surface area (Å²) in [7, 11) is 0. The van der Waals surface area contributed by atoms with Crippen LogP contribution >= 0.6 is 11.8 Å². The molecule has 1 N–H and O–H groups in total. The second-order valence-electron chi connectivity index (χ2n) is 3.99. The second-order valence-corrected chi connectivity index (χ2v) is 5.02. The quantitative estimate of drug-likeness (QED) is 0.821.